The van der Waals surface area contributed by atoms with Crippen LogP contribution in [0.2, 0.25) is 0 Å². The summed E-state index contributed by atoms with van der Waals surface area (Å²) >= 11 is 0. The molecule has 0 saturated carbocycles. The molecule has 0 bridgehead atoms. The van der Waals surface area contributed by atoms with Crippen molar-refractivity contribution in [2.45, 2.75) is 50.8 Å². The van der Waals surface area contributed by atoms with Crippen molar-refractivity contribution in [3.05, 3.63) is 29.8 Å². The van der Waals surface area contributed by atoms with Crippen molar-refractivity contribution in [1.82, 2.24) is 9.62 Å². The van der Waals surface area contributed by atoms with Gasteiger partial charge in [0.1, 0.15) is 0 Å². The molecule has 1 aromatic carbocycles. The van der Waals surface area contributed by atoms with Crippen LogP contribution in [0.3, 0.4) is 0 Å². The van der Waals surface area contributed by atoms with E-state index in [-0.39, 0.29) is 29.2 Å². The molecule has 6 heteroatoms. The fourth-order valence-corrected chi connectivity index (χ4v) is 3.86. The lowest BCUT2D eigenvalue weighted by atomic mass is 9.87. The molecule has 1 aromatic rings. The lowest BCUT2D eigenvalue weighted by molar-refractivity contribution is -0.130. The lowest BCUT2D eigenvalue weighted by Gasteiger charge is -2.19. The average molecular weight is 353 g/mol. The van der Waals surface area contributed by atoms with Crippen molar-refractivity contribution >= 4 is 15.9 Å². The van der Waals surface area contributed by atoms with Crippen LogP contribution in [0.25, 0.3) is 0 Å². The summed E-state index contributed by atoms with van der Waals surface area (Å²) in [5, 5.41) is 0. The number of nitrogens with one attached hydrogen (secondary N) is 1. The maximum Gasteiger partial charge on any atom is 0.240 e. The molecular formula is C18H28N2O3S. The first-order valence-corrected chi connectivity index (χ1v) is 9.96. The van der Waals surface area contributed by atoms with Gasteiger partial charge in [-0.1, -0.05) is 39.8 Å². The van der Waals surface area contributed by atoms with Gasteiger partial charge >= 0.3 is 0 Å². The van der Waals surface area contributed by atoms with E-state index in [1.54, 1.807) is 12.1 Å². The van der Waals surface area contributed by atoms with E-state index in [2.05, 4.69) is 32.4 Å². The molecule has 1 aliphatic heterocycles. The van der Waals surface area contributed by atoms with Crippen molar-refractivity contribution in [2.24, 2.45) is 5.92 Å². The molecule has 1 aliphatic rings. The minimum absolute atomic E-state index is 0.0186. The minimum Gasteiger partial charge on any atom is -0.342 e. The van der Waals surface area contributed by atoms with E-state index in [9.17, 15) is 13.2 Å². The van der Waals surface area contributed by atoms with Crippen LogP contribution in [0.4, 0.5) is 0 Å². The zero-order valence-corrected chi connectivity index (χ0v) is 15.8. The third-order valence-corrected chi connectivity index (χ3v) is 5.92. The Balaban J connectivity index is 1.90. The molecule has 0 radical (unpaired) electrons. The van der Waals surface area contributed by atoms with Gasteiger partial charge in [-0.25, -0.2) is 13.1 Å². The van der Waals surface area contributed by atoms with Crippen molar-refractivity contribution < 1.29 is 13.2 Å². The maximum atomic E-state index is 12.3. The number of sulfonamides is 1. The van der Waals surface area contributed by atoms with E-state index in [0.29, 0.717) is 5.92 Å². The van der Waals surface area contributed by atoms with Gasteiger partial charge in [0.05, 0.1) is 4.90 Å². The van der Waals surface area contributed by atoms with Crippen LogP contribution in [0, 0.1) is 5.92 Å². The van der Waals surface area contributed by atoms with Crippen LogP contribution in [-0.2, 0) is 20.2 Å². The molecule has 134 valence electrons. The monoisotopic (exact) mass is 352 g/mol. The highest BCUT2D eigenvalue weighted by atomic mass is 32.2. The molecule has 1 fully saturated rings. The Kier molecular flexibility index (Phi) is 5.71. The highest BCUT2D eigenvalue weighted by Gasteiger charge is 2.23. The Labute approximate surface area is 145 Å². The fourth-order valence-electron chi connectivity index (χ4n) is 2.83. The highest BCUT2D eigenvalue weighted by Crippen LogP contribution is 2.23. The second-order valence-corrected chi connectivity index (χ2v) is 9.42. The van der Waals surface area contributed by atoms with E-state index in [4.69, 9.17) is 0 Å². The van der Waals surface area contributed by atoms with Crippen LogP contribution in [0.1, 0.15) is 46.1 Å². The zero-order valence-electron chi connectivity index (χ0n) is 15.0. The molecule has 2 rings (SSSR count). The normalized spacial score (nSPS) is 18.8. The predicted molar refractivity (Wildman–Crippen MR) is 95.3 cm³/mol. The van der Waals surface area contributed by atoms with Crippen molar-refractivity contribution in [3.8, 4) is 0 Å². The SMILES string of the molecule is CC1CCN(C(=O)CCNS(=O)(=O)c2ccc(C(C)(C)C)cc2)C1. The number of nitrogens with zero attached hydrogens (tertiary/aromatic N) is 1. The summed E-state index contributed by atoms with van der Waals surface area (Å²) < 4.78 is 27.1. The quantitative estimate of drug-likeness (QED) is 0.885. The first-order chi connectivity index (χ1) is 11.1. The lowest BCUT2D eigenvalue weighted by Crippen LogP contribution is -2.33. The molecule has 0 aliphatic carbocycles. The number of hydrogen-bond acceptors (Lipinski definition) is 3. The van der Waals surface area contributed by atoms with Gasteiger partial charge in [-0.15, -0.1) is 0 Å². The molecule has 1 heterocycles. The van der Waals surface area contributed by atoms with Gasteiger partial charge in [0.2, 0.25) is 15.9 Å². The molecular weight excluding hydrogens is 324 g/mol. The van der Waals surface area contributed by atoms with Gasteiger partial charge in [-0.3, -0.25) is 4.79 Å². The first-order valence-electron chi connectivity index (χ1n) is 8.47. The summed E-state index contributed by atoms with van der Waals surface area (Å²) in [5.41, 5.74) is 1.06. The summed E-state index contributed by atoms with van der Waals surface area (Å²) in [6.45, 7) is 10.1. The van der Waals surface area contributed by atoms with Crippen molar-refractivity contribution in [1.29, 1.82) is 0 Å². The van der Waals surface area contributed by atoms with Crippen LogP contribution >= 0.6 is 0 Å². The number of amides is 1. The van der Waals surface area contributed by atoms with E-state index in [1.807, 2.05) is 17.0 Å². The predicted octanol–water partition coefficient (Wildman–Crippen LogP) is 2.52. The van der Waals surface area contributed by atoms with Crippen molar-refractivity contribution in [3.63, 3.8) is 0 Å². The van der Waals surface area contributed by atoms with Gasteiger partial charge in [0.15, 0.2) is 0 Å². The Hall–Kier alpha value is -1.40. The summed E-state index contributed by atoms with van der Waals surface area (Å²) in [6, 6.07) is 6.91. The molecule has 0 spiro atoms. The van der Waals surface area contributed by atoms with Crippen LogP contribution in [0.15, 0.2) is 29.2 Å². The van der Waals surface area contributed by atoms with Crippen LogP contribution < -0.4 is 4.72 Å². The minimum atomic E-state index is -3.57. The van der Waals surface area contributed by atoms with Gasteiger partial charge < -0.3 is 4.90 Å². The summed E-state index contributed by atoms with van der Waals surface area (Å²) in [5.74, 6) is 0.553. The highest BCUT2D eigenvalue weighted by molar-refractivity contribution is 7.89. The van der Waals surface area contributed by atoms with Crippen LogP contribution in [0.5, 0.6) is 0 Å². The Morgan fingerprint density at radius 1 is 1.25 bits per heavy atom. The topological polar surface area (TPSA) is 66.5 Å². The molecule has 1 N–H and O–H groups in total. The van der Waals surface area contributed by atoms with Crippen molar-refractivity contribution in [2.75, 3.05) is 19.6 Å². The second-order valence-electron chi connectivity index (χ2n) is 7.66. The molecule has 5 nitrogen and oxygen atoms in total. The van der Waals surface area contributed by atoms with E-state index >= 15 is 0 Å². The molecule has 1 amide bonds. The van der Waals surface area contributed by atoms with E-state index < -0.39 is 10.0 Å². The number of rotatable bonds is 5. The van der Waals surface area contributed by atoms with Gasteiger partial charge in [0, 0.05) is 26.1 Å². The van der Waals surface area contributed by atoms with Gasteiger partial charge in [-0.05, 0) is 35.4 Å². The second kappa shape index (κ2) is 7.23. The Morgan fingerprint density at radius 3 is 2.38 bits per heavy atom. The molecule has 0 aromatic heterocycles. The molecule has 24 heavy (non-hydrogen) atoms. The number of benzene rings is 1. The fraction of sp³-hybridized carbons (Fsp3) is 0.611. The third-order valence-electron chi connectivity index (χ3n) is 4.44. The zero-order chi connectivity index (χ0) is 18.0. The largest absolute Gasteiger partial charge is 0.342 e. The van der Waals surface area contributed by atoms with Crippen LogP contribution in [-0.4, -0.2) is 38.9 Å². The molecule has 1 saturated heterocycles. The number of carbonyl (C=O) groups is 1. The molecule has 1 unspecified atom stereocenters. The van der Waals surface area contributed by atoms with E-state index in [0.717, 1.165) is 25.1 Å². The summed E-state index contributed by atoms with van der Waals surface area (Å²) in [4.78, 5) is 14.1. The number of hydrogen-bond donors (Lipinski definition) is 1. The van der Waals surface area contributed by atoms with E-state index in [1.165, 1.54) is 0 Å². The Bertz CT molecular complexity index is 675. The maximum absolute atomic E-state index is 12.3. The summed E-state index contributed by atoms with van der Waals surface area (Å²) in [7, 11) is -3.57. The molecule has 1 atom stereocenters. The first kappa shape index (κ1) is 18.9. The number of likely N-dealkylation sites (tertiary alicyclic amines) is 1. The smallest absolute Gasteiger partial charge is 0.240 e. The average Bonchev–Trinajstić information content (AvgIpc) is 2.93. The standard InChI is InChI=1S/C18H28N2O3S/c1-14-10-12-20(13-14)17(21)9-11-19-24(22,23)16-7-5-15(6-8-16)18(2,3)4/h5-8,14,19H,9-13H2,1-4H3. The van der Waals surface area contributed by atoms with Gasteiger partial charge in [-0.2, -0.15) is 0 Å². The summed E-state index contributed by atoms with van der Waals surface area (Å²) in [6.07, 6.45) is 1.23. The van der Waals surface area contributed by atoms with Gasteiger partial charge in [0.25, 0.3) is 0 Å². The number of carbonyl (C=O) groups excluding carboxylic acids is 1. The third kappa shape index (κ3) is 4.80. The Morgan fingerprint density at radius 2 is 1.88 bits per heavy atom.